The number of carbonyl (C=O) groups is 2. The maximum absolute atomic E-state index is 12.5. The van der Waals surface area contributed by atoms with Crippen LogP contribution in [0.2, 0.25) is 0 Å². The summed E-state index contributed by atoms with van der Waals surface area (Å²) in [4.78, 5) is 27.0. The predicted octanol–water partition coefficient (Wildman–Crippen LogP) is 3.93. The Hall–Kier alpha value is -2.33. The summed E-state index contributed by atoms with van der Waals surface area (Å²) in [5.41, 5.74) is 8.42. The van der Waals surface area contributed by atoms with E-state index in [-0.39, 0.29) is 18.2 Å². The van der Waals surface area contributed by atoms with Crippen molar-refractivity contribution in [2.24, 2.45) is 11.8 Å². The monoisotopic (exact) mass is 502 g/mol. The summed E-state index contributed by atoms with van der Waals surface area (Å²) in [6.07, 6.45) is 5.55. The van der Waals surface area contributed by atoms with Crippen LogP contribution in [0.3, 0.4) is 0 Å². The average Bonchev–Trinajstić information content (AvgIpc) is 3.37. The van der Waals surface area contributed by atoms with Crippen LogP contribution >= 0.6 is 11.9 Å². The molecule has 8 nitrogen and oxygen atoms in total. The molecule has 0 spiro atoms. The Kier molecular flexibility index (Phi) is 10.7. The van der Waals surface area contributed by atoms with Gasteiger partial charge in [0.1, 0.15) is 0 Å². The first-order valence-electron chi connectivity index (χ1n) is 12.3. The summed E-state index contributed by atoms with van der Waals surface area (Å²) in [7, 11) is 4.07. The third kappa shape index (κ3) is 8.10. The van der Waals surface area contributed by atoms with Crippen molar-refractivity contribution >= 4 is 40.2 Å². The molecule has 1 heterocycles. The van der Waals surface area contributed by atoms with Crippen molar-refractivity contribution in [3.05, 3.63) is 36.4 Å². The molecule has 0 aromatic heterocycles. The molecule has 2 fully saturated rings. The highest BCUT2D eigenvalue weighted by Crippen LogP contribution is 2.33. The zero-order valence-electron chi connectivity index (χ0n) is 20.7. The van der Waals surface area contributed by atoms with Crippen molar-refractivity contribution in [2.45, 2.75) is 43.4 Å². The Morgan fingerprint density at radius 3 is 2.46 bits per heavy atom. The van der Waals surface area contributed by atoms with Gasteiger partial charge in [0.05, 0.1) is 13.2 Å². The number of nitrogen functional groups attached to an aromatic ring is 1. The number of rotatable bonds is 7. The molecule has 192 valence electrons. The van der Waals surface area contributed by atoms with E-state index in [1.807, 2.05) is 32.3 Å². The van der Waals surface area contributed by atoms with Gasteiger partial charge in [0.25, 0.3) is 0 Å². The fourth-order valence-electron chi connectivity index (χ4n) is 4.81. The lowest BCUT2D eigenvalue weighted by Gasteiger charge is -2.31. The van der Waals surface area contributed by atoms with Crippen molar-refractivity contribution in [1.29, 1.82) is 0 Å². The average molecular weight is 503 g/mol. The molecule has 1 atom stereocenters. The van der Waals surface area contributed by atoms with Crippen molar-refractivity contribution in [3.63, 3.8) is 0 Å². The van der Waals surface area contributed by atoms with E-state index < -0.39 is 5.91 Å². The summed E-state index contributed by atoms with van der Waals surface area (Å²) < 4.78 is 7.33. The lowest BCUT2D eigenvalue weighted by atomic mass is 9.89. The molecule has 4 N–H and O–H groups in total. The molecule has 2 aromatic carbocycles. The van der Waals surface area contributed by atoms with Gasteiger partial charge in [-0.2, -0.15) is 0 Å². The van der Waals surface area contributed by atoms with Gasteiger partial charge in [0.2, 0.25) is 11.8 Å². The number of hydrogen-bond donors (Lipinski definition) is 3. The van der Waals surface area contributed by atoms with Gasteiger partial charge in [0, 0.05) is 41.4 Å². The van der Waals surface area contributed by atoms with Gasteiger partial charge < -0.3 is 15.4 Å². The fourth-order valence-corrected chi connectivity index (χ4v) is 5.62. The van der Waals surface area contributed by atoms with E-state index in [1.54, 1.807) is 22.3 Å². The number of hydrogen-bond acceptors (Lipinski definition) is 7. The van der Waals surface area contributed by atoms with Crippen LogP contribution in [-0.4, -0.2) is 66.6 Å². The minimum Gasteiger partial charge on any atom is -0.398 e. The van der Waals surface area contributed by atoms with Crippen molar-refractivity contribution < 1.29 is 19.5 Å². The Balaban J connectivity index is 0.000000203. The van der Waals surface area contributed by atoms with E-state index >= 15 is 0 Å². The molecule has 2 aromatic rings. The number of benzene rings is 2. The third-order valence-corrected chi connectivity index (χ3v) is 7.44. The quantitative estimate of drug-likeness (QED) is 0.228. The SMILES string of the molecule is CN(C)Sc1cccc2c(N)cccc12.O=C(C[C@@H](CC1CCCC1)C(=O)N1CCOCC1)NO. The highest BCUT2D eigenvalue weighted by atomic mass is 32.2. The number of hydroxylamine groups is 1. The van der Waals surface area contributed by atoms with Crippen LogP contribution in [0.4, 0.5) is 5.69 Å². The Bertz CT molecular complexity index is 975. The molecule has 0 radical (unpaired) electrons. The minimum absolute atomic E-state index is 0.0313. The molecular formula is C26H38N4O4S. The molecule has 4 rings (SSSR count). The predicted molar refractivity (Wildman–Crippen MR) is 140 cm³/mol. The number of nitrogens with two attached hydrogens (primary N) is 1. The van der Waals surface area contributed by atoms with Crippen molar-refractivity contribution in [3.8, 4) is 0 Å². The maximum Gasteiger partial charge on any atom is 0.244 e. The molecule has 9 heteroatoms. The lowest BCUT2D eigenvalue weighted by molar-refractivity contribution is -0.144. The molecule has 1 saturated heterocycles. The third-order valence-electron chi connectivity index (χ3n) is 6.52. The number of amides is 2. The first-order chi connectivity index (χ1) is 16.9. The number of fused-ring (bicyclic) bond motifs is 1. The number of morpholine rings is 1. The van der Waals surface area contributed by atoms with E-state index in [0.717, 1.165) is 30.3 Å². The second kappa shape index (κ2) is 13.7. The molecule has 2 amide bonds. The minimum atomic E-state index is -0.477. The van der Waals surface area contributed by atoms with E-state index in [1.165, 1.54) is 23.1 Å². The van der Waals surface area contributed by atoms with E-state index in [9.17, 15) is 9.59 Å². The number of nitrogens with zero attached hydrogens (tertiary/aromatic N) is 2. The van der Waals surface area contributed by atoms with Crippen LogP contribution in [0, 0.1) is 11.8 Å². The largest absolute Gasteiger partial charge is 0.398 e. The number of carbonyl (C=O) groups excluding carboxylic acids is 2. The van der Waals surface area contributed by atoms with Gasteiger partial charge >= 0.3 is 0 Å². The van der Waals surface area contributed by atoms with Gasteiger partial charge in [0.15, 0.2) is 0 Å². The Labute approximate surface area is 212 Å². The normalized spacial score (nSPS) is 17.2. The van der Waals surface area contributed by atoms with Crippen LogP contribution in [0.5, 0.6) is 0 Å². The molecule has 2 aliphatic rings. The maximum atomic E-state index is 12.5. The number of nitrogens with one attached hydrogen (secondary N) is 1. The zero-order chi connectivity index (χ0) is 25.2. The Morgan fingerprint density at radius 2 is 1.80 bits per heavy atom. The fraction of sp³-hybridized carbons (Fsp3) is 0.538. The standard InChI is InChI=1S/C14H24N2O4.C12H14N2S/c17-13(15-19)10-12(9-11-3-1-2-4-11)14(18)16-5-7-20-8-6-16;1-14(2)15-12-8-4-5-9-10(12)6-3-7-11(9)13/h11-12,19H,1-10H2,(H,15,17);3-8H,13H2,1-2H3/t12-;/m1./s1. The number of ether oxygens (including phenoxy) is 1. The summed E-state index contributed by atoms with van der Waals surface area (Å²) in [6.45, 7) is 2.32. The van der Waals surface area contributed by atoms with Gasteiger partial charge in [-0.3, -0.25) is 19.1 Å². The van der Waals surface area contributed by atoms with Crippen LogP contribution in [0.1, 0.15) is 38.5 Å². The van der Waals surface area contributed by atoms with Crippen LogP contribution in [0.15, 0.2) is 41.3 Å². The van der Waals surface area contributed by atoms with Crippen LogP contribution in [-0.2, 0) is 14.3 Å². The smallest absolute Gasteiger partial charge is 0.244 e. The molecule has 35 heavy (non-hydrogen) atoms. The summed E-state index contributed by atoms with van der Waals surface area (Å²) in [6, 6.07) is 12.3. The van der Waals surface area contributed by atoms with E-state index in [2.05, 4.69) is 22.5 Å². The molecule has 1 aliphatic heterocycles. The zero-order valence-corrected chi connectivity index (χ0v) is 21.6. The highest BCUT2D eigenvalue weighted by molar-refractivity contribution is 7.97. The molecule has 0 unspecified atom stereocenters. The van der Waals surface area contributed by atoms with Crippen LogP contribution in [0.25, 0.3) is 10.8 Å². The van der Waals surface area contributed by atoms with Gasteiger partial charge in [-0.1, -0.05) is 49.9 Å². The second-order valence-electron chi connectivity index (χ2n) is 9.36. The topological polar surface area (TPSA) is 108 Å². The summed E-state index contributed by atoms with van der Waals surface area (Å²) in [5.74, 6) is -0.224. The molecule has 0 bridgehead atoms. The molecular weight excluding hydrogens is 464 g/mol. The molecule has 1 aliphatic carbocycles. The van der Waals surface area contributed by atoms with Crippen LogP contribution < -0.4 is 11.2 Å². The van der Waals surface area contributed by atoms with Gasteiger partial charge in [-0.05, 0) is 55.9 Å². The Morgan fingerprint density at radius 1 is 1.14 bits per heavy atom. The van der Waals surface area contributed by atoms with Crippen molar-refractivity contribution in [1.82, 2.24) is 14.7 Å². The first-order valence-corrected chi connectivity index (χ1v) is 13.1. The van der Waals surface area contributed by atoms with Crippen molar-refractivity contribution in [2.75, 3.05) is 46.1 Å². The first kappa shape index (κ1) is 27.3. The summed E-state index contributed by atoms with van der Waals surface area (Å²) >= 11 is 1.71. The van der Waals surface area contributed by atoms with Gasteiger partial charge in [-0.25, -0.2) is 5.48 Å². The van der Waals surface area contributed by atoms with Gasteiger partial charge in [-0.15, -0.1) is 0 Å². The van der Waals surface area contributed by atoms with E-state index in [0.29, 0.717) is 32.2 Å². The molecule has 1 saturated carbocycles. The second-order valence-corrected chi connectivity index (χ2v) is 10.7. The lowest BCUT2D eigenvalue weighted by Crippen LogP contribution is -2.45. The summed E-state index contributed by atoms with van der Waals surface area (Å²) in [5, 5.41) is 11.0. The number of anilines is 1. The highest BCUT2D eigenvalue weighted by Gasteiger charge is 2.31. The van der Waals surface area contributed by atoms with E-state index in [4.69, 9.17) is 15.7 Å².